The van der Waals surface area contributed by atoms with E-state index in [0.717, 1.165) is 20.6 Å². The van der Waals surface area contributed by atoms with E-state index in [0.29, 0.717) is 24.1 Å². The zero-order valence-corrected chi connectivity index (χ0v) is 19.8. The Kier molecular flexibility index (Phi) is 6.78. The first-order chi connectivity index (χ1) is 12.8. The average Bonchev–Trinajstić information content (AvgIpc) is 2.87. The lowest BCUT2D eigenvalue weighted by molar-refractivity contribution is 0.0513. The molecule has 2 aromatic rings. The molecule has 1 aromatic heterocycles. The number of carbonyl (C=O) groups excluding carboxylic acids is 1. The summed E-state index contributed by atoms with van der Waals surface area (Å²) < 4.78 is 13.2. The van der Waals surface area contributed by atoms with Crippen molar-refractivity contribution in [2.24, 2.45) is 0 Å². The van der Waals surface area contributed by atoms with Crippen LogP contribution in [0.25, 0.3) is 10.9 Å². The van der Waals surface area contributed by atoms with Crippen molar-refractivity contribution in [3.05, 3.63) is 33.9 Å². The number of rotatable bonds is 6. The zero-order valence-electron chi connectivity index (χ0n) is 17.3. The summed E-state index contributed by atoms with van der Waals surface area (Å²) in [5.74, 6) is -1.19. The normalized spacial score (nSPS) is 12.4. The molecule has 0 radical (unpaired) electrons. The third kappa shape index (κ3) is 5.92. The number of aromatic carboxylic acids is 1. The summed E-state index contributed by atoms with van der Waals surface area (Å²) in [6.07, 6.45) is -0.715. The molecule has 0 saturated carbocycles. The van der Waals surface area contributed by atoms with Crippen molar-refractivity contribution in [1.29, 1.82) is 0 Å². The summed E-state index contributed by atoms with van der Waals surface area (Å²) >= 11 is 3.52. The highest BCUT2D eigenvalue weighted by molar-refractivity contribution is 9.10. The third-order valence-corrected chi connectivity index (χ3v) is 6.46. The van der Waals surface area contributed by atoms with Gasteiger partial charge < -0.3 is 14.6 Å². The second-order valence-electron chi connectivity index (χ2n) is 9.02. The fraction of sp³-hybridized carbons (Fsp3) is 0.500. The Labute approximate surface area is 175 Å². The Morgan fingerprint density at radius 1 is 1.18 bits per heavy atom. The van der Waals surface area contributed by atoms with Crippen LogP contribution in [0.1, 0.15) is 36.8 Å². The molecule has 0 atom stereocenters. The Morgan fingerprint density at radius 3 is 2.36 bits per heavy atom. The molecule has 0 aliphatic carbocycles. The molecule has 0 fully saturated rings. The van der Waals surface area contributed by atoms with E-state index in [1.807, 2.05) is 0 Å². The maximum atomic E-state index is 12.7. The highest BCUT2D eigenvalue weighted by Gasteiger charge is 2.25. The van der Waals surface area contributed by atoms with Crippen LogP contribution in [0, 0.1) is 0 Å². The van der Waals surface area contributed by atoms with Crippen LogP contribution < -0.4 is 0 Å². The standard InChI is InChI=1S/C20H28BrNO5Si/c1-20(2,3)27-19(25)22-16-11-14(12-26-7-8-28(4,5)6)15(21)9-13(16)10-17(22)18(23)24/h9-11H,7-8,12H2,1-6H3,(H,23,24). The number of nitrogens with zero attached hydrogens (tertiary/aromatic N) is 1. The number of carboxylic acids is 1. The molecule has 6 nitrogen and oxygen atoms in total. The Morgan fingerprint density at radius 2 is 1.82 bits per heavy atom. The van der Waals surface area contributed by atoms with E-state index >= 15 is 0 Å². The monoisotopic (exact) mass is 469 g/mol. The highest BCUT2D eigenvalue weighted by Crippen LogP contribution is 2.29. The van der Waals surface area contributed by atoms with Gasteiger partial charge in [0.2, 0.25) is 0 Å². The quantitative estimate of drug-likeness (QED) is 0.430. The van der Waals surface area contributed by atoms with Gasteiger partial charge in [-0.1, -0.05) is 35.6 Å². The predicted molar refractivity (Wildman–Crippen MR) is 116 cm³/mol. The summed E-state index contributed by atoms with van der Waals surface area (Å²) in [5, 5.41) is 10.2. The van der Waals surface area contributed by atoms with Crippen LogP contribution in [0.5, 0.6) is 0 Å². The van der Waals surface area contributed by atoms with Crippen molar-refractivity contribution in [2.75, 3.05) is 6.61 Å². The molecule has 0 bridgehead atoms. The van der Waals surface area contributed by atoms with Crippen LogP contribution in [0.2, 0.25) is 25.7 Å². The summed E-state index contributed by atoms with van der Waals surface area (Å²) in [6, 6.07) is 6.12. The van der Waals surface area contributed by atoms with Gasteiger partial charge in [0.1, 0.15) is 11.3 Å². The van der Waals surface area contributed by atoms with Gasteiger partial charge in [0.25, 0.3) is 0 Å². The van der Waals surface area contributed by atoms with Crippen LogP contribution >= 0.6 is 15.9 Å². The first-order valence-electron chi connectivity index (χ1n) is 9.17. The zero-order chi connectivity index (χ0) is 21.3. The Bertz CT molecular complexity index is 893. The first-order valence-corrected chi connectivity index (χ1v) is 13.7. The largest absolute Gasteiger partial charge is 0.477 e. The molecule has 0 aliphatic heterocycles. The van der Waals surface area contributed by atoms with Crippen molar-refractivity contribution < 1.29 is 24.2 Å². The van der Waals surface area contributed by atoms with Gasteiger partial charge in [-0.3, -0.25) is 0 Å². The molecule has 2 rings (SSSR count). The molecular weight excluding hydrogens is 442 g/mol. The Balaban J connectivity index is 2.39. The minimum atomic E-state index is -1.19. The van der Waals surface area contributed by atoms with E-state index in [4.69, 9.17) is 9.47 Å². The maximum Gasteiger partial charge on any atom is 0.419 e. The lowest BCUT2D eigenvalue weighted by Crippen LogP contribution is -2.28. The van der Waals surface area contributed by atoms with Gasteiger partial charge in [-0.2, -0.15) is 0 Å². The maximum absolute atomic E-state index is 12.7. The molecule has 1 aromatic carbocycles. The molecule has 0 amide bonds. The fourth-order valence-electron chi connectivity index (χ4n) is 2.60. The molecule has 0 unspecified atom stereocenters. The number of ether oxygens (including phenoxy) is 2. The van der Waals surface area contributed by atoms with Crippen molar-refractivity contribution in [1.82, 2.24) is 4.57 Å². The number of aromatic nitrogens is 1. The number of benzene rings is 1. The van der Waals surface area contributed by atoms with E-state index in [1.165, 1.54) is 6.07 Å². The van der Waals surface area contributed by atoms with Gasteiger partial charge in [0.05, 0.1) is 12.1 Å². The molecule has 8 heteroatoms. The topological polar surface area (TPSA) is 77.8 Å². The molecule has 0 aliphatic rings. The number of carbonyl (C=O) groups is 2. The summed E-state index contributed by atoms with van der Waals surface area (Å²) in [7, 11) is -1.18. The lowest BCUT2D eigenvalue weighted by atomic mass is 10.2. The van der Waals surface area contributed by atoms with E-state index < -0.39 is 25.7 Å². The van der Waals surface area contributed by atoms with Crippen molar-refractivity contribution in [3.63, 3.8) is 0 Å². The third-order valence-electron chi connectivity index (χ3n) is 4.02. The summed E-state index contributed by atoms with van der Waals surface area (Å²) in [5.41, 5.74) is 0.469. The van der Waals surface area contributed by atoms with Gasteiger partial charge >= 0.3 is 12.1 Å². The van der Waals surface area contributed by atoms with Crippen LogP contribution in [-0.4, -0.2) is 42.0 Å². The molecule has 154 valence electrons. The van der Waals surface area contributed by atoms with E-state index in [1.54, 1.807) is 32.9 Å². The highest BCUT2D eigenvalue weighted by atomic mass is 79.9. The van der Waals surface area contributed by atoms with Gasteiger partial charge in [0, 0.05) is 24.5 Å². The van der Waals surface area contributed by atoms with Gasteiger partial charge in [0.15, 0.2) is 0 Å². The van der Waals surface area contributed by atoms with Crippen LogP contribution in [0.3, 0.4) is 0 Å². The minimum absolute atomic E-state index is 0.132. The van der Waals surface area contributed by atoms with Crippen molar-refractivity contribution in [2.45, 2.75) is 58.7 Å². The summed E-state index contributed by atoms with van der Waals surface area (Å²) in [6.45, 7) is 13.2. The molecule has 0 saturated heterocycles. The summed E-state index contributed by atoms with van der Waals surface area (Å²) in [4.78, 5) is 24.3. The minimum Gasteiger partial charge on any atom is -0.477 e. The van der Waals surface area contributed by atoms with Crippen LogP contribution in [0.15, 0.2) is 22.7 Å². The van der Waals surface area contributed by atoms with E-state index in [9.17, 15) is 14.7 Å². The number of hydrogen-bond acceptors (Lipinski definition) is 4. The number of hydrogen-bond donors (Lipinski definition) is 1. The van der Waals surface area contributed by atoms with Crippen molar-refractivity contribution in [3.8, 4) is 0 Å². The fourth-order valence-corrected chi connectivity index (χ4v) is 3.84. The SMILES string of the molecule is CC(C)(C)OC(=O)n1c(C(=O)O)cc2cc(Br)c(COCC[Si](C)(C)C)cc21. The van der Waals surface area contributed by atoms with E-state index in [2.05, 4.69) is 35.6 Å². The van der Waals surface area contributed by atoms with Gasteiger partial charge in [-0.05, 0) is 50.6 Å². The predicted octanol–water partition coefficient (Wildman–Crippen LogP) is 5.74. The second-order valence-corrected chi connectivity index (χ2v) is 15.5. The van der Waals surface area contributed by atoms with Crippen molar-refractivity contribution >= 4 is 47.0 Å². The molecular formula is C20H28BrNO5Si. The van der Waals surface area contributed by atoms with E-state index in [-0.39, 0.29) is 5.69 Å². The number of fused-ring (bicyclic) bond motifs is 1. The van der Waals surface area contributed by atoms with Crippen LogP contribution in [0.4, 0.5) is 4.79 Å². The lowest BCUT2D eigenvalue weighted by Gasteiger charge is -2.20. The van der Waals surface area contributed by atoms with Gasteiger partial charge in [-0.25, -0.2) is 14.2 Å². The first kappa shape index (κ1) is 22.6. The molecule has 28 heavy (non-hydrogen) atoms. The molecule has 1 heterocycles. The number of carboxylic acid groups (broad SMARTS) is 1. The average molecular weight is 470 g/mol. The van der Waals surface area contributed by atoms with Crippen LogP contribution in [-0.2, 0) is 16.1 Å². The smallest absolute Gasteiger partial charge is 0.419 e. The number of halogens is 1. The molecule has 1 N–H and O–H groups in total. The Hall–Kier alpha value is -1.64. The van der Waals surface area contributed by atoms with Gasteiger partial charge in [-0.15, -0.1) is 0 Å². The molecule has 0 spiro atoms. The second kappa shape index (κ2) is 8.38.